The topological polar surface area (TPSA) is 173 Å². The molecule has 1 heterocycles. The molecule has 0 fully saturated rings. The normalized spacial score (nSPS) is 11.3. The maximum Gasteiger partial charge on any atom is 0.394 e. The maximum atomic E-state index is 12.1. The number of nitrogen functional groups attached to an aromatic ring is 1. The number of nitrogens with two attached hydrogens (primary N) is 1. The summed E-state index contributed by atoms with van der Waals surface area (Å²) in [6, 6.07) is 7.68. The number of sulfonamides is 1. The Kier molecular flexibility index (Phi) is 6.20. The van der Waals surface area contributed by atoms with Crippen LogP contribution >= 0.6 is 0 Å². The summed E-state index contributed by atoms with van der Waals surface area (Å²) in [7, 11) is -8.36. The number of hydrogen-bond donors (Lipinski definition) is 4. The Bertz CT molecular complexity index is 883. The first-order chi connectivity index (χ1) is 10.9. The van der Waals surface area contributed by atoms with Gasteiger partial charge in [-0.3, -0.25) is 9.11 Å². The molecule has 0 spiro atoms. The number of nitrogens with zero attached hydrogens (tertiary/aromatic N) is 2. The van der Waals surface area contributed by atoms with E-state index < -0.39 is 20.4 Å². The zero-order valence-corrected chi connectivity index (χ0v) is 14.3. The lowest BCUT2D eigenvalue weighted by molar-refractivity contribution is 0.381. The largest absolute Gasteiger partial charge is 0.399 e. The van der Waals surface area contributed by atoms with E-state index in [2.05, 4.69) is 14.7 Å². The Balaban J connectivity index is 0.000000505. The Morgan fingerprint density at radius 2 is 1.38 bits per heavy atom. The molecule has 0 aliphatic rings. The van der Waals surface area contributed by atoms with Crippen molar-refractivity contribution in [3.05, 3.63) is 41.7 Å². The zero-order chi connectivity index (χ0) is 18.5. The monoisotopic (exact) mass is 376 g/mol. The minimum Gasteiger partial charge on any atom is -0.399 e. The summed E-state index contributed by atoms with van der Waals surface area (Å²) in [5.41, 5.74) is 7.42. The van der Waals surface area contributed by atoms with Crippen LogP contribution in [0.5, 0.6) is 0 Å². The fourth-order valence-corrected chi connectivity index (χ4v) is 2.54. The lowest BCUT2D eigenvalue weighted by Crippen LogP contribution is -2.15. The predicted octanol–water partition coefficient (Wildman–Crippen LogP) is 0.824. The van der Waals surface area contributed by atoms with Crippen LogP contribution in [0.4, 0.5) is 11.6 Å². The molecule has 0 saturated heterocycles. The molecule has 0 aliphatic heterocycles. The number of anilines is 2. The lowest BCUT2D eigenvalue weighted by atomic mass is 10.3. The molecule has 0 radical (unpaired) electrons. The van der Waals surface area contributed by atoms with Gasteiger partial charge in [0, 0.05) is 17.1 Å². The van der Waals surface area contributed by atoms with Gasteiger partial charge < -0.3 is 5.73 Å². The minimum absolute atomic E-state index is 0.0642. The van der Waals surface area contributed by atoms with E-state index in [0.717, 1.165) is 0 Å². The molecule has 0 amide bonds. The standard InChI is InChI=1S/C12H14N4O2S.H2O4S/c1-8-7-9(2)15-12(14-8)16-19(17,18)11-5-3-10(13)4-6-11;1-5(2,3)4/h3-7H,13H2,1-2H3,(H,14,15,16);(H2,1,2,3,4). The van der Waals surface area contributed by atoms with Crippen LogP contribution in [0.25, 0.3) is 0 Å². The molecule has 0 unspecified atom stereocenters. The summed E-state index contributed by atoms with van der Waals surface area (Å²) in [6.45, 7) is 3.55. The van der Waals surface area contributed by atoms with Gasteiger partial charge in [0.05, 0.1) is 4.90 Å². The highest BCUT2D eigenvalue weighted by atomic mass is 32.3. The van der Waals surface area contributed by atoms with Crippen LogP contribution in [0.2, 0.25) is 0 Å². The molecule has 2 aromatic rings. The molecule has 0 aliphatic carbocycles. The first kappa shape index (κ1) is 19.8. The second-order valence-electron chi connectivity index (χ2n) is 4.60. The third-order valence-corrected chi connectivity index (χ3v) is 3.74. The third kappa shape index (κ3) is 7.32. The maximum absolute atomic E-state index is 12.1. The number of nitrogens with one attached hydrogen (secondary N) is 1. The highest BCUT2D eigenvalue weighted by Gasteiger charge is 2.15. The van der Waals surface area contributed by atoms with E-state index in [-0.39, 0.29) is 10.8 Å². The van der Waals surface area contributed by atoms with E-state index in [0.29, 0.717) is 17.1 Å². The number of benzene rings is 1. The highest BCUT2D eigenvalue weighted by molar-refractivity contribution is 7.92. The summed E-state index contributed by atoms with van der Waals surface area (Å²) in [5.74, 6) is 0.0642. The number of hydrogen-bond acceptors (Lipinski definition) is 7. The molecule has 0 saturated carbocycles. The molecule has 0 bridgehead atoms. The summed E-state index contributed by atoms with van der Waals surface area (Å²) >= 11 is 0. The first-order valence-electron chi connectivity index (χ1n) is 6.27. The number of aryl methyl sites for hydroxylation is 2. The van der Waals surface area contributed by atoms with E-state index in [1.807, 2.05) is 0 Å². The molecule has 2 rings (SSSR count). The van der Waals surface area contributed by atoms with Gasteiger partial charge in [-0.05, 0) is 44.2 Å². The minimum atomic E-state index is -4.67. The SMILES string of the molecule is Cc1cc(C)nc(NS(=O)(=O)c2ccc(N)cc2)n1.O=S(=O)(O)O. The summed E-state index contributed by atoms with van der Waals surface area (Å²) in [4.78, 5) is 8.19. The van der Waals surface area contributed by atoms with Crippen molar-refractivity contribution in [1.29, 1.82) is 0 Å². The van der Waals surface area contributed by atoms with Crippen molar-refractivity contribution < 1.29 is 25.9 Å². The van der Waals surface area contributed by atoms with Gasteiger partial charge in [0.25, 0.3) is 10.0 Å². The predicted molar refractivity (Wildman–Crippen MR) is 87.3 cm³/mol. The van der Waals surface area contributed by atoms with Crippen molar-refractivity contribution in [2.75, 3.05) is 10.5 Å². The van der Waals surface area contributed by atoms with E-state index in [9.17, 15) is 8.42 Å². The van der Waals surface area contributed by atoms with Gasteiger partial charge in [-0.1, -0.05) is 0 Å². The van der Waals surface area contributed by atoms with Crippen molar-refractivity contribution in [3.63, 3.8) is 0 Å². The molecule has 1 aromatic heterocycles. The third-order valence-electron chi connectivity index (χ3n) is 2.40. The van der Waals surface area contributed by atoms with Crippen LogP contribution in [-0.4, -0.2) is 35.9 Å². The van der Waals surface area contributed by atoms with Crippen LogP contribution < -0.4 is 10.5 Å². The quantitative estimate of drug-likeness (QED) is 0.447. The second kappa shape index (κ2) is 7.53. The van der Waals surface area contributed by atoms with Gasteiger partial charge in [-0.25, -0.2) is 23.1 Å². The smallest absolute Gasteiger partial charge is 0.394 e. The van der Waals surface area contributed by atoms with Crippen molar-refractivity contribution in [3.8, 4) is 0 Å². The molecular weight excluding hydrogens is 360 g/mol. The van der Waals surface area contributed by atoms with E-state index >= 15 is 0 Å². The van der Waals surface area contributed by atoms with Gasteiger partial charge in [0.2, 0.25) is 5.95 Å². The van der Waals surface area contributed by atoms with E-state index in [4.69, 9.17) is 23.3 Å². The van der Waals surface area contributed by atoms with Gasteiger partial charge in [0.15, 0.2) is 0 Å². The Morgan fingerprint density at radius 3 is 1.79 bits per heavy atom. The Hall–Kier alpha value is -2.28. The Morgan fingerprint density at radius 1 is 0.958 bits per heavy atom. The number of rotatable bonds is 3. The first-order valence-corrected chi connectivity index (χ1v) is 9.15. The average molecular weight is 376 g/mol. The van der Waals surface area contributed by atoms with Crippen LogP contribution in [0.15, 0.2) is 35.2 Å². The molecule has 5 N–H and O–H groups in total. The summed E-state index contributed by atoms with van der Waals surface area (Å²) in [6.07, 6.45) is 0. The molecular formula is C12H16N4O6S2. The molecule has 0 atom stereocenters. The van der Waals surface area contributed by atoms with E-state index in [1.54, 1.807) is 19.9 Å². The Labute approximate surface area is 139 Å². The van der Waals surface area contributed by atoms with Crippen LogP contribution in [0.1, 0.15) is 11.4 Å². The average Bonchev–Trinajstić information content (AvgIpc) is 2.35. The van der Waals surface area contributed by atoms with Gasteiger partial charge >= 0.3 is 10.4 Å². The van der Waals surface area contributed by atoms with Crippen molar-refractivity contribution in [1.82, 2.24) is 9.97 Å². The molecule has 132 valence electrons. The zero-order valence-electron chi connectivity index (χ0n) is 12.7. The van der Waals surface area contributed by atoms with Crippen molar-refractivity contribution in [2.45, 2.75) is 18.7 Å². The van der Waals surface area contributed by atoms with Gasteiger partial charge in [-0.2, -0.15) is 8.42 Å². The van der Waals surface area contributed by atoms with Crippen LogP contribution in [-0.2, 0) is 20.4 Å². The second-order valence-corrected chi connectivity index (χ2v) is 7.17. The van der Waals surface area contributed by atoms with Crippen LogP contribution in [0, 0.1) is 13.8 Å². The lowest BCUT2D eigenvalue weighted by Gasteiger charge is -2.08. The molecule has 10 nitrogen and oxygen atoms in total. The molecule has 12 heteroatoms. The number of aromatic nitrogens is 2. The van der Waals surface area contributed by atoms with Gasteiger partial charge in [-0.15, -0.1) is 0 Å². The van der Waals surface area contributed by atoms with Crippen molar-refractivity contribution in [2.24, 2.45) is 0 Å². The van der Waals surface area contributed by atoms with Crippen LogP contribution in [0.3, 0.4) is 0 Å². The van der Waals surface area contributed by atoms with Gasteiger partial charge in [0.1, 0.15) is 0 Å². The fraction of sp³-hybridized carbons (Fsp3) is 0.167. The van der Waals surface area contributed by atoms with E-state index in [1.165, 1.54) is 24.3 Å². The molecule has 24 heavy (non-hydrogen) atoms. The highest BCUT2D eigenvalue weighted by Crippen LogP contribution is 2.15. The molecule has 1 aromatic carbocycles. The summed E-state index contributed by atoms with van der Waals surface area (Å²) in [5, 5.41) is 0. The van der Waals surface area contributed by atoms with Crippen molar-refractivity contribution >= 4 is 32.1 Å². The fourth-order valence-electron chi connectivity index (χ4n) is 1.60. The summed E-state index contributed by atoms with van der Waals surface area (Å²) < 4.78 is 58.1.